The average molecular weight is 585 g/mol. The summed E-state index contributed by atoms with van der Waals surface area (Å²) in [4.78, 5) is 29.2. The molecule has 2 aromatic carbocycles. The van der Waals surface area contributed by atoms with Gasteiger partial charge in [-0.25, -0.2) is 0 Å². The molecule has 6 nitrogen and oxygen atoms in total. The topological polar surface area (TPSA) is 88.5 Å². The first-order chi connectivity index (χ1) is 20.9. The van der Waals surface area contributed by atoms with Gasteiger partial charge in [-0.2, -0.15) is 0 Å². The van der Waals surface area contributed by atoms with Crippen LogP contribution in [-0.4, -0.2) is 28.6 Å². The van der Waals surface area contributed by atoms with Gasteiger partial charge in [-0.05, 0) is 98.5 Å². The van der Waals surface area contributed by atoms with Crippen molar-refractivity contribution in [2.24, 2.45) is 5.41 Å². The first-order valence-corrected chi connectivity index (χ1v) is 15.9. The second-order valence-electron chi connectivity index (χ2n) is 11.3. The van der Waals surface area contributed by atoms with Crippen molar-refractivity contribution in [3.05, 3.63) is 89.2 Å². The molecule has 3 aromatic rings. The highest BCUT2D eigenvalue weighted by atomic mass is 16.5. The second-order valence-corrected chi connectivity index (χ2v) is 11.3. The number of unbranched alkanes of at least 4 members (excludes halogenated alkanes) is 4. The predicted octanol–water partition coefficient (Wildman–Crippen LogP) is 9.00. The van der Waals surface area contributed by atoms with Crippen molar-refractivity contribution in [3.8, 4) is 5.75 Å². The van der Waals surface area contributed by atoms with Gasteiger partial charge in [-0.3, -0.25) is 14.6 Å². The maximum absolute atomic E-state index is 12.6. The van der Waals surface area contributed by atoms with Crippen LogP contribution in [0.25, 0.3) is 12.2 Å². The fourth-order valence-corrected chi connectivity index (χ4v) is 5.10. The van der Waals surface area contributed by atoms with Crippen LogP contribution in [0.5, 0.6) is 5.75 Å². The van der Waals surface area contributed by atoms with Gasteiger partial charge in [0.15, 0.2) is 0 Å². The Kier molecular flexibility index (Phi) is 14.0. The number of aromatic nitrogens is 1. The summed E-state index contributed by atoms with van der Waals surface area (Å²) in [7, 11) is 0. The molecule has 3 rings (SSSR count). The number of amides is 1. The molecule has 0 aliphatic heterocycles. The number of hydrogen-bond acceptors (Lipinski definition) is 4. The number of carboxylic acids is 1. The van der Waals surface area contributed by atoms with Gasteiger partial charge in [-0.1, -0.05) is 76.4 Å². The van der Waals surface area contributed by atoms with E-state index in [1.54, 1.807) is 0 Å². The summed E-state index contributed by atoms with van der Waals surface area (Å²) < 4.78 is 5.75. The lowest BCUT2D eigenvalue weighted by Gasteiger charge is -2.25. The summed E-state index contributed by atoms with van der Waals surface area (Å²) in [5.41, 5.74) is 3.90. The van der Waals surface area contributed by atoms with Gasteiger partial charge < -0.3 is 15.2 Å². The van der Waals surface area contributed by atoms with Gasteiger partial charge in [0.1, 0.15) is 5.75 Å². The molecule has 0 saturated heterocycles. The largest absolute Gasteiger partial charge is 0.494 e. The molecule has 6 heteroatoms. The minimum Gasteiger partial charge on any atom is -0.494 e. The van der Waals surface area contributed by atoms with Crippen LogP contribution in [-0.2, 0) is 22.4 Å². The van der Waals surface area contributed by atoms with Gasteiger partial charge in [0.25, 0.3) is 0 Å². The molecule has 2 N–H and O–H groups in total. The summed E-state index contributed by atoms with van der Waals surface area (Å²) in [6.45, 7) is 6.58. The molecule has 43 heavy (non-hydrogen) atoms. The molecule has 0 saturated carbocycles. The average Bonchev–Trinajstić information content (AvgIpc) is 3.01. The van der Waals surface area contributed by atoms with Crippen LogP contribution in [0.2, 0.25) is 0 Å². The minimum absolute atomic E-state index is 0.0466. The van der Waals surface area contributed by atoms with E-state index in [9.17, 15) is 14.7 Å². The summed E-state index contributed by atoms with van der Waals surface area (Å²) in [6.07, 6.45) is 13.7. The number of ether oxygens (including phenoxy) is 1. The Bertz CT molecular complexity index is 1310. The van der Waals surface area contributed by atoms with Crippen LogP contribution >= 0.6 is 0 Å². The standard InChI is InChI=1S/C37H48N2O4/c1-4-7-26-43-34-24-21-29(22-25-34)14-10-8-9-11-16-31-17-13-18-32(38-31)23-20-30-15-12-19-33(27-30)39-35(40)28-37(5-2,6-3)36(41)42/h12-13,15,17-25,27H,4-11,14,16,26,28H2,1-3H3,(H,39,40)(H,41,42). The molecular weight excluding hydrogens is 536 g/mol. The first-order valence-electron chi connectivity index (χ1n) is 15.9. The number of aryl methyl sites for hydroxylation is 2. The van der Waals surface area contributed by atoms with Crippen LogP contribution in [0.15, 0.2) is 66.7 Å². The number of hydrogen-bond donors (Lipinski definition) is 2. The lowest BCUT2D eigenvalue weighted by Crippen LogP contribution is -2.34. The number of anilines is 1. The molecule has 0 radical (unpaired) electrons. The second kappa shape index (κ2) is 17.9. The molecule has 0 bridgehead atoms. The van der Waals surface area contributed by atoms with Crippen LogP contribution < -0.4 is 10.1 Å². The maximum Gasteiger partial charge on any atom is 0.310 e. The molecule has 0 fully saturated rings. The Hall–Kier alpha value is -3.93. The highest BCUT2D eigenvalue weighted by Crippen LogP contribution is 2.31. The molecular formula is C37H48N2O4. The number of rotatable bonds is 19. The SMILES string of the molecule is CCCCOc1ccc(CCCCCCc2cccc(C=Cc3cccc(NC(=O)CC(CC)(CC)C(=O)O)c3)n2)cc1. The Morgan fingerprint density at radius 3 is 2.28 bits per heavy atom. The van der Waals surface area contributed by atoms with Crippen LogP contribution in [0.1, 0.15) is 101 Å². The zero-order chi connectivity index (χ0) is 30.9. The van der Waals surface area contributed by atoms with Crippen molar-refractivity contribution < 1.29 is 19.4 Å². The van der Waals surface area contributed by atoms with E-state index in [1.165, 1.54) is 24.8 Å². The number of nitrogens with one attached hydrogen (secondary N) is 1. The molecule has 0 aliphatic rings. The molecule has 1 aromatic heterocycles. The molecule has 1 heterocycles. The van der Waals surface area contributed by atoms with E-state index < -0.39 is 11.4 Å². The van der Waals surface area contributed by atoms with Crippen LogP contribution in [0, 0.1) is 5.41 Å². The van der Waals surface area contributed by atoms with Gasteiger partial charge in [0.05, 0.1) is 17.7 Å². The monoisotopic (exact) mass is 584 g/mol. The number of carboxylic acid groups (broad SMARTS) is 1. The van der Waals surface area contributed by atoms with Gasteiger partial charge in [-0.15, -0.1) is 0 Å². The van der Waals surface area contributed by atoms with Crippen molar-refractivity contribution in [2.75, 3.05) is 11.9 Å². The van der Waals surface area contributed by atoms with Crippen molar-refractivity contribution in [2.45, 2.75) is 91.4 Å². The third kappa shape index (κ3) is 11.3. The van der Waals surface area contributed by atoms with E-state index in [1.807, 2.05) is 62.4 Å². The number of benzene rings is 2. The molecule has 230 valence electrons. The van der Waals surface area contributed by atoms with Crippen molar-refractivity contribution in [1.82, 2.24) is 4.98 Å². The number of carbonyl (C=O) groups is 2. The highest BCUT2D eigenvalue weighted by Gasteiger charge is 2.37. The highest BCUT2D eigenvalue weighted by molar-refractivity contribution is 5.94. The van der Waals surface area contributed by atoms with E-state index in [2.05, 4.69) is 42.6 Å². The zero-order valence-electron chi connectivity index (χ0n) is 26.1. The van der Waals surface area contributed by atoms with Crippen molar-refractivity contribution in [1.29, 1.82) is 0 Å². The van der Waals surface area contributed by atoms with Gasteiger partial charge in [0.2, 0.25) is 5.91 Å². The summed E-state index contributed by atoms with van der Waals surface area (Å²) in [5, 5.41) is 12.5. The van der Waals surface area contributed by atoms with E-state index >= 15 is 0 Å². The number of carbonyl (C=O) groups excluding carboxylic acids is 1. The Balaban J connectivity index is 1.42. The summed E-state index contributed by atoms with van der Waals surface area (Å²) in [5.74, 6) is -0.253. The maximum atomic E-state index is 12.6. The normalized spacial score (nSPS) is 11.5. The van der Waals surface area contributed by atoms with Crippen molar-refractivity contribution in [3.63, 3.8) is 0 Å². The molecule has 0 spiro atoms. The third-order valence-corrected chi connectivity index (χ3v) is 8.09. The number of aliphatic carboxylic acids is 1. The molecule has 0 atom stereocenters. The third-order valence-electron chi connectivity index (χ3n) is 8.09. The van der Waals surface area contributed by atoms with Gasteiger partial charge in [0, 0.05) is 17.8 Å². The Morgan fingerprint density at radius 2 is 1.58 bits per heavy atom. The lowest BCUT2D eigenvalue weighted by molar-refractivity contribution is -0.151. The van der Waals surface area contributed by atoms with E-state index in [0.717, 1.165) is 61.4 Å². The van der Waals surface area contributed by atoms with E-state index in [-0.39, 0.29) is 12.3 Å². The lowest BCUT2D eigenvalue weighted by atomic mass is 9.79. The quantitative estimate of drug-likeness (QED) is 0.137. The van der Waals surface area contributed by atoms with Crippen LogP contribution in [0.4, 0.5) is 5.69 Å². The predicted molar refractivity (Wildman–Crippen MR) is 176 cm³/mol. The Labute approximate surface area is 257 Å². The van der Waals surface area contributed by atoms with E-state index in [4.69, 9.17) is 9.72 Å². The smallest absolute Gasteiger partial charge is 0.310 e. The van der Waals surface area contributed by atoms with Gasteiger partial charge >= 0.3 is 5.97 Å². The zero-order valence-corrected chi connectivity index (χ0v) is 26.1. The van der Waals surface area contributed by atoms with Crippen LogP contribution in [0.3, 0.4) is 0 Å². The summed E-state index contributed by atoms with van der Waals surface area (Å²) in [6, 6.07) is 22.2. The van der Waals surface area contributed by atoms with Crippen molar-refractivity contribution >= 4 is 29.7 Å². The summed E-state index contributed by atoms with van der Waals surface area (Å²) >= 11 is 0. The number of pyridine rings is 1. The minimum atomic E-state index is -1.03. The first kappa shape index (κ1) is 33.6. The molecule has 1 amide bonds. The van der Waals surface area contributed by atoms with E-state index in [0.29, 0.717) is 18.5 Å². The molecule has 0 unspecified atom stereocenters. The molecule has 0 aliphatic carbocycles. The Morgan fingerprint density at radius 1 is 0.860 bits per heavy atom. The number of nitrogens with zero attached hydrogens (tertiary/aromatic N) is 1. The fraction of sp³-hybridized carbons (Fsp3) is 0.432. The fourth-order valence-electron chi connectivity index (χ4n) is 5.10.